The van der Waals surface area contributed by atoms with Gasteiger partial charge in [0.1, 0.15) is 0 Å². The Hall–Kier alpha value is -1.81. The summed E-state index contributed by atoms with van der Waals surface area (Å²) in [5, 5.41) is 0. The third-order valence-electron chi connectivity index (χ3n) is 3.46. The Bertz CT molecular complexity index is 664. The van der Waals surface area contributed by atoms with E-state index in [1.807, 2.05) is 0 Å². The highest BCUT2D eigenvalue weighted by Gasteiger charge is 2.35. The molecule has 2 rings (SSSR count). The summed E-state index contributed by atoms with van der Waals surface area (Å²) in [6, 6.07) is 6.40. The van der Waals surface area contributed by atoms with E-state index >= 15 is 0 Å². The Morgan fingerprint density at radius 3 is 2.09 bits per heavy atom. The van der Waals surface area contributed by atoms with Crippen molar-refractivity contribution in [1.29, 1.82) is 0 Å². The minimum absolute atomic E-state index is 0.0581. The number of ether oxygens (including phenoxy) is 2. The lowest BCUT2D eigenvalue weighted by Gasteiger charge is -2.16. The van der Waals surface area contributed by atoms with Crippen molar-refractivity contribution < 1.29 is 27.5 Å². The second-order valence-electron chi connectivity index (χ2n) is 4.88. The smallest absolute Gasteiger partial charge is 0.261 e. The number of rotatable bonds is 8. The fraction of sp³-hybridized carbons (Fsp3) is 0.429. The van der Waals surface area contributed by atoms with Crippen LogP contribution in [-0.2, 0) is 19.5 Å². The molecule has 9 heteroatoms. The monoisotopic (exact) mass is 342 g/mol. The molecule has 23 heavy (non-hydrogen) atoms. The van der Waals surface area contributed by atoms with E-state index < -0.39 is 33.9 Å². The number of hydrogen-bond acceptors (Lipinski definition) is 6. The number of amides is 2. The number of carbonyl (C=O) groups excluding carboxylic acids is 2. The van der Waals surface area contributed by atoms with Gasteiger partial charge >= 0.3 is 0 Å². The summed E-state index contributed by atoms with van der Waals surface area (Å²) in [5.41, 5.74) is 0.586. The molecule has 0 fully saturated rings. The number of hydrogen-bond donors (Lipinski definition) is 1. The topological polar surface area (TPSA) is 102 Å². The van der Waals surface area contributed by atoms with Gasteiger partial charge in [0, 0.05) is 20.8 Å². The summed E-state index contributed by atoms with van der Waals surface area (Å²) < 4.78 is 35.9. The van der Waals surface area contributed by atoms with E-state index in [4.69, 9.17) is 9.47 Å². The van der Waals surface area contributed by atoms with E-state index in [2.05, 4.69) is 4.72 Å². The highest BCUT2D eigenvalue weighted by molar-refractivity contribution is 7.89. The molecular weight excluding hydrogens is 324 g/mol. The third-order valence-corrected chi connectivity index (χ3v) is 4.78. The van der Waals surface area contributed by atoms with Gasteiger partial charge in [-0.15, -0.1) is 0 Å². The van der Waals surface area contributed by atoms with E-state index in [0.717, 1.165) is 4.90 Å². The van der Waals surface area contributed by atoms with Gasteiger partial charge in [0.05, 0.1) is 23.4 Å². The highest BCUT2D eigenvalue weighted by atomic mass is 32.2. The van der Waals surface area contributed by atoms with E-state index in [1.165, 1.54) is 14.2 Å². The van der Waals surface area contributed by atoms with Gasteiger partial charge in [0.25, 0.3) is 11.8 Å². The molecule has 1 aromatic carbocycles. The van der Waals surface area contributed by atoms with Crippen molar-refractivity contribution in [3.8, 4) is 0 Å². The first-order valence-corrected chi connectivity index (χ1v) is 8.53. The lowest BCUT2D eigenvalue weighted by atomic mass is 10.1. The van der Waals surface area contributed by atoms with Crippen LogP contribution in [0.5, 0.6) is 0 Å². The zero-order valence-corrected chi connectivity index (χ0v) is 13.6. The maximum Gasteiger partial charge on any atom is 0.261 e. The molecular formula is C14H18N2O6S. The summed E-state index contributed by atoms with van der Waals surface area (Å²) in [6.07, 6.45) is -0.705. The van der Waals surface area contributed by atoms with Gasteiger partial charge < -0.3 is 9.47 Å². The van der Waals surface area contributed by atoms with Crippen molar-refractivity contribution in [3.05, 3.63) is 35.4 Å². The molecule has 2 amide bonds. The van der Waals surface area contributed by atoms with Gasteiger partial charge in [-0.1, -0.05) is 12.1 Å². The van der Waals surface area contributed by atoms with Crippen LogP contribution in [-0.4, -0.2) is 64.5 Å². The molecule has 1 aromatic rings. The molecule has 8 nitrogen and oxygen atoms in total. The number of fused-ring (bicyclic) bond motifs is 1. The summed E-state index contributed by atoms with van der Waals surface area (Å²) >= 11 is 0. The molecule has 0 radical (unpaired) electrons. The molecule has 1 N–H and O–H groups in total. The molecule has 0 atom stereocenters. The van der Waals surface area contributed by atoms with Crippen LogP contribution in [0.15, 0.2) is 24.3 Å². The van der Waals surface area contributed by atoms with Crippen molar-refractivity contribution >= 4 is 21.8 Å². The largest absolute Gasteiger partial charge is 0.355 e. The highest BCUT2D eigenvalue weighted by Crippen LogP contribution is 2.22. The number of nitrogens with zero attached hydrogens (tertiary/aromatic N) is 1. The van der Waals surface area contributed by atoms with Crippen LogP contribution >= 0.6 is 0 Å². The Morgan fingerprint density at radius 1 is 1.09 bits per heavy atom. The molecule has 126 valence electrons. The number of imide groups is 1. The predicted molar refractivity (Wildman–Crippen MR) is 81.4 cm³/mol. The van der Waals surface area contributed by atoms with Crippen LogP contribution in [0.2, 0.25) is 0 Å². The van der Waals surface area contributed by atoms with Gasteiger partial charge in [0.2, 0.25) is 10.0 Å². The first-order valence-electron chi connectivity index (χ1n) is 6.87. The number of methoxy groups -OCH3 is 2. The molecule has 1 aliphatic rings. The van der Waals surface area contributed by atoms with Crippen molar-refractivity contribution in [2.24, 2.45) is 0 Å². The minimum atomic E-state index is -3.67. The number of benzene rings is 1. The molecule has 0 bridgehead atoms. The van der Waals surface area contributed by atoms with Crippen molar-refractivity contribution in [2.75, 3.05) is 33.1 Å². The molecule has 0 saturated carbocycles. The summed E-state index contributed by atoms with van der Waals surface area (Å²) in [4.78, 5) is 25.2. The van der Waals surface area contributed by atoms with E-state index in [9.17, 15) is 18.0 Å². The zero-order chi connectivity index (χ0) is 17.0. The summed E-state index contributed by atoms with van der Waals surface area (Å²) in [6.45, 7) is -0.274. The first-order chi connectivity index (χ1) is 10.9. The van der Waals surface area contributed by atoms with E-state index in [-0.39, 0.29) is 13.1 Å². The lowest BCUT2D eigenvalue weighted by Crippen LogP contribution is -2.40. The maximum atomic E-state index is 12.1. The first kappa shape index (κ1) is 17.5. The predicted octanol–water partition coefficient (Wildman–Crippen LogP) is -0.179. The average Bonchev–Trinajstić information content (AvgIpc) is 2.78. The fourth-order valence-electron chi connectivity index (χ4n) is 2.18. The fourth-order valence-corrected chi connectivity index (χ4v) is 3.14. The van der Waals surface area contributed by atoms with Gasteiger partial charge in [-0.25, -0.2) is 13.1 Å². The summed E-state index contributed by atoms with van der Waals surface area (Å²) in [7, 11) is -0.894. The van der Waals surface area contributed by atoms with Crippen LogP contribution in [0.3, 0.4) is 0 Å². The van der Waals surface area contributed by atoms with Crippen molar-refractivity contribution in [2.45, 2.75) is 6.29 Å². The minimum Gasteiger partial charge on any atom is -0.355 e. The molecule has 0 spiro atoms. The molecule has 0 aromatic heterocycles. The number of sulfonamides is 1. The Kier molecular flexibility index (Phi) is 5.47. The van der Waals surface area contributed by atoms with Gasteiger partial charge in [-0.3, -0.25) is 14.5 Å². The standard InChI is InChI=1S/C14H18N2O6S/c1-21-12(22-2)9-15-23(19,20)8-7-16-13(17)10-5-3-4-6-11(10)14(16)18/h3-6,12,15H,7-9H2,1-2H3. The Balaban J connectivity index is 1.96. The van der Waals surface area contributed by atoms with Gasteiger partial charge in [-0.05, 0) is 12.1 Å². The second kappa shape index (κ2) is 7.18. The molecule has 0 aliphatic carbocycles. The molecule has 1 heterocycles. The second-order valence-corrected chi connectivity index (χ2v) is 6.80. The van der Waals surface area contributed by atoms with Crippen LogP contribution in [0.4, 0.5) is 0 Å². The van der Waals surface area contributed by atoms with E-state index in [1.54, 1.807) is 24.3 Å². The van der Waals surface area contributed by atoms with Crippen molar-refractivity contribution in [3.63, 3.8) is 0 Å². The number of carbonyl (C=O) groups is 2. The number of nitrogens with one attached hydrogen (secondary N) is 1. The van der Waals surface area contributed by atoms with Crippen LogP contribution in [0, 0.1) is 0 Å². The lowest BCUT2D eigenvalue weighted by molar-refractivity contribution is -0.0960. The van der Waals surface area contributed by atoms with Crippen molar-refractivity contribution in [1.82, 2.24) is 9.62 Å². The van der Waals surface area contributed by atoms with Crippen LogP contribution < -0.4 is 4.72 Å². The maximum absolute atomic E-state index is 12.1. The average molecular weight is 342 g/mol. The SMILES string of the molecule is COC(CNS(=O)(=O)CCN1C(=O)c2ccccc2C1=O)OC. The van der Waals surface area contributed by atoms with E-state index in [0.29, 0.717) is 11.1 Å². The Morgan fingerprint density at radius 2 is 1.61 bits per heavy atom. The quantitative estimate of drug-likeness (QED) is 0.519. The normalized spacial score (nSPS) is 14.7. The van der Waals surface area contributed by atoms with Gasteiger partial charge in [0.15, 0.2) is 6.29 Å². The molecule has 0 unspecified atom stereocenters. The molecule has 1 aliphatic heterocycles. The summed E-state index contributed by atoms with van der Waals surface area (Å²) in [5.74, 6) is -1.35. The molecule has 0 saturated heterocycles. The van der Waals surface area contributed by atoms with Crippen LogP contribution in [0.25, 0.3) is 0 Å². The van der Waals surface area contributed by atoms with Crippen LogP contribution in [0.1, 0.15) is 20.7 Å². The van der Waals surface area contributed by atoms with Gasteiger partial charge in [-0.2, -0.15) is 0 Å². The third kappa shape index (κ3) is 3.94. The zero-order valence-electron chi connectivity index (χ0n) is 12.8. The Labute approximate surface area is 134 Å².